The summed E-state index contributed by atoms with van der Waals surface area (Å²) in [5, 5.41) is 2.85. The zero-order valence-electron chi connectivity index (χ0n) is 14.3. The molecule has 0 unspecified atom stereocenters. The molecular weight excluding hydrogens is 368 g/mol. The van der Waals surface area contributed by atoms with Crippen LogP contribution in [0.1, 0.15) is 23.6 Å². The number of carbonyl (C=O) groups excluding carboxylic acids is 2. The topological polar surface area (TPSA) is 49.4 Å². The summed E-state index contributed by atoms with van der Waals surface area (Å²) in [5.41, 5.74) is 4.52. The van der Waals surface area contributed by atoms with Crippen molar-refractivity contribution in [1.82, 2.24) is 0 Å². The molecular formula is C19H21BrN2O2. The zero-order valence-corrected chi connectivity index (χ0v) is 15.9. The number of halogens is 1. The fourth-order valence-corrected chi connectivity index (χ4v) is 2.69. The highest BCUT2D eigenvalue weighted by Gasteiger charge is 2.18. The van der Waals surface area contributed by atoms with Gasteiger partial charge in [-0.2, -0.15) is 0 Å². The predicted octanol–water partition coefficient (Wildman–Crippen LogP) is 4.37. The second-order valence-electron chi connectivity index (χ2n) is 5.91. The highest BCUT2D eigenvalue weighted by Crippen LogP contribution is 2.23. The maximum atomic E-state index is 12.4. The monoisotopic (exact) mass is 388 g/mol. The van der Waals surface area contributed by atoms with Crippen molar-refractivity contribution in [3.8, 4) is 0 Å². The third kappa shape index (κ3) is 4.45. The fraction of sp³-hybridized carbons (Fsp3) is 0.263. The summed E-state index contributed by atoms with van der Waals surface area (Å²) in [6, 6.07) is 11.5. The summed E-state index contributed by atoms with van der Waals surface area (Å²) in [5.74, 6) is -0.390. The molecule has 5 heteroatoms. The van der Waals surface area contributed by atoms with Gasteiger partial charge in [0.05, 0.1) is 0 Å². The number of rotatable bonds is 4. The SMILES string of the molecule is CC(=O)N(CC(=O)Nc1ccc(Br)c(C)c1)c1cc(C)ccc1C. The van der Waals surface area contributed by atoms with Crippen LogP contribution in [-0.4, -0.2) is 18.4 Å². The van der Waals surface area contributed by atoms with E-state index in [0.717, 1.165) is 26.9 Å². The summed E-state index contributed by atoms with van der Waals surface area (Å²) in [7, 11) is 0. The molecule has 4 nitrogen and oxygen atoms in total. The molecule has 2 aromatic carbocycles. The van der Waals surface area contributed by atoms with Crippen LogP contribution in [0.5, 0.6) is 0 Å². The van der Waals surface area contributed by atoms with E-state index in [0.29, 0.717) is 5.69 Å². The standard InChI is InChI=1S/C19H21BrN2O2/c1-12-5-6-13(2)18(9-12)22(15(4)23)11-19(24)21-16-7-8-17(20)14(3)10-16/h5-10H,11H2,1-4H3,(H,21,24). The Morgan fingerprint density at radius 3 is 2.38 bits per heavy atom. The molecule has 0 saturated carbocycles. The Balaban J connectivity index is 2.18. The number of hydrogen-bond donors (Lipinski definition) is 1. The van der Waals surface area contributed by atoms with E-state index < -0.39 is 0 Å². The normalized spacial score (nSPS) is 10.4. The van der Waals surface area contributed by atoms with Gasteiger partial charge in [0.25, 0.3) is 0 Å². The van der Waals surface area contributed by atoms with Crippen LogP contribution in [0.2, 0.25) is 0 Å². The first-order chi connectivity index (χ1) is 11.3. The fourth-order valence-electron chi connectivity index (χ4n) is 2.44. The smallest absolute Gasteiger partial charge is 0.244 e. The van der Waals surface area contributed by atoms with Crippen LogP contribution in [0, 0.1) is 20.8 Å². The van der Waals surface area contributed by atoms with E-state index in [4.69, 9.17) is 0 Å². The van der Waals surface area contributed by atoms with Crippen LogP contribution in [-0.2, 0) is 9.59 Å². The molecule has 0 aliphatic rings. The van der Waals surface area contributed by atoms with Crippen molar-refractivity contribution in [3.63, 3.8) is 0 Å². The van der Waals surface area contributed by atoms with Gasteiger partial charge in [-0.1, -0.05) is 28.1 Å². The molecule has 0 bridgehead atoms. The molecule has 0 heterocycles. The quantitative estimate of drug-likeness (QED) is 0.845. The van der Waals surface area contributed by atoms with Crippen molar-refractivity contribution >= 4 is 39.1 Å². The summed E-state index contributed by atoms with van der Waals surface area (Å²) in [6.45, 7) is 7.30. The van der Waals surface area contributed by atoms with Crippen molar-refractivity contribution < 1.29 is 9.59 Å². The molecule has 0 spiro atoms. The second-order valence-corrected chi connectivity index (χ2v) is 6.76. The Labute approximate surface area is 151 Å². The van der Waals surface area contributed by atoms with E-state index in [-0.39, 0.29) is 18.4 Å². The molecule has 2 aromatic rings. The number of nitrogens with zero attached hydrogens (tertiary/aromatic N) is 1. The number of carbonyl (C=O) groups is 2. The zero-order chi connectivity index (χ0) is 17.9. The lowest BCUT2D eigenvalue weighted by Crippen LogP contribution is -2.37. The highest BCUT2D eigenvalue weighted by molar-refractivity contribution is 9.10. The Morgan fingerprint density at radius 1 is 1.04 bits per heavy atom. The third-order valence-corrected chi connectivity index (χ3v) is 4.67. The van der Waals surface area contributed by atoms with Gasteiger partial charge in [-0.15, -0.1) is 0 Å². The Hall–Kier alpha value is -2.14. The average Bonchev–Trinajstić information content (AvgIpc) is 2.51. The van der Waals surface area contributed by atoms with Crippen molar-refractivity contribution in [2.45, 2.75) is 27.7 Å². The van der Waals surface area contributed by atoms with E-state index in [9.17, 15) is 9.59 Å². The molecule has 0 atom stereocenters. The Morgan fingerprint density at radius 2 is 1.75 bits per heavy atom. The number of amides is 2. The largest absolute Gasteiger partial charge is 0.325 e. The lowest BCUT2D eigenvalue weighted by atomic mass is 10.1. The molecule has 0 saturated heterocycles. The van der Waals surface area contributed by atoms with Gasteiger partial charge in [-0.05, 0) is 61.7 Å². The van der Waals surface area contributed by atoms with Crippen LogP contribution in [0.4, 0.5) is 11.4 Å². The van der Waals surface area contributed by atoms with Gasteiger partial charge in [0.2, 0.25) is 11.8 Å². The molecule has 0 fully saturated rings. The number of nitrogens with one attached hydrogen (secondary N) is 1. The van der Waals surface area contributed by atoms with Crippen LogP contribution >= 0.6 is 15.9 Å². The van der Waals surface area contributed by atoms with E-state index >= 15 is 0 Å². The van der Waals surface area contributed by atoms with Crippen LogP contribution in [0.3, 0.4) is 0 Å². The van der Waals surface area contributed by atoms with Crippen molar-refractivity contribution in [3.05, 3.63) is 57.6 Å². The molecule has 126 valence electrons. The third-order valence-electron chi connectivity index (χ3n) is 3.78. The van der Waals surface area contributed by atoms with Crippen LogP contribution < -0.4 is 10.2 Å². The van der Waals surface area contributed by atoms with Crippen molar-refractivity contribution in [2.24, 2.45) is 0 Å². The summed E-state index contributed by atoms with van der Waals surface area (Å²) >= 11 is 3.43. The van der Waals surface area contributed by atoms with Gasteiger partial charge in [-0.3, -0.25) is 9.59 Å². The minimum atomic E-state index is -0.229. The average molecular weight is 389 g/mol. The highest BCUT2D eigenvalue weighted by atomic mass is 79.9. The predicted molar refractivity (Wildman–Crippen MR) is 101 cm³/mol. The molecule has 0 radical (unpaired) electrons. The molecule has 0 aromatic heterocycles. The lowest BCUT2D eigenvalue weighted by Gasteiger charge is -2.23. The first kappa shape index (κ1) is 18.2. The number of hydrogen-bond acceptors (Lipinski definition) is 2. The van der Waals surface area contributed by atoms with Crippen LogP contribution in [0.15, 0.2) is 40.9 Å². The van der Waals surface area contributed by atoms with Crippen molar-refractivity contribution in [2.75, 3.05) is 16.8 Å². The van der Waals surface area contributed by atoms with Gasteiger partial charge in [-0.25, -0.2) is 0 Å². The van der Waals surface area contributed by atoms with Crippen molar-refractivity contribution in [1.29, 1.82) is 0 Å². The van der Waals surface area contributed by atoms with Gasteiger partial charge in [0.15, 0.2) is 0 Å². The summed E-state index contributed by atoms with van der Waals surface area (Å²) < 4.78 is 0.987. The van der Waals surface area contributed by atoms with Gasteiger partial charge >= 0.3 is 0 Å². The summed E-state index contributed by atoms with van der Waals surface area (Å²) in [6.07, 6.45) is 0. The van der Waals surface area contributed by atoms with E-state index in [2.05, 4.69) is 21.2 Å². The summed E-state index contributed by atoms with van der Waals surface area (Å²) in [4.78, 5) is 25.9. The van der Waals surface area contributed by atoms with E-state index in [1.165, 1.54) is 11.8 Å². The molecule has 2 amide bonds. The lowest BCUT2D eigenvalue weighted by molar-refractivity contribution is -0.120. The van der Waals surface area contributed by atoms with E-state index in [1.54, 1.807) is 0 Å². The van der Waals surface area contributed by atoms with Gasteiger partial charge in [0, 0.05) is 22.8 Å². The first-order valence-electron chi connectivity index (χ1n) is 7.69. The molecule has 0 aliphatic heterocycles. The molecule has 24 heavy (non-hydrogen) atoms. The van der Waals surface area contributed by atoms with Crippen LogP contribution in [0.25, 0.3) is 0 Å². The molecule has 0 aliphatic carbocycles. The first-order valence-corrected chi connectivity index (χ1v) is 8.48. The molecule has 1 N–H and O–H groups in total. The maximum Gasteiger partial charge on any atom is 0.244 e. The minimum absolute atomic E-state index is 0.0191. The van der Waals surface area contributed by atoms with E-state index in [1.807, 2.05) is 57.2 Å². The minimum Gasteiger partial charge on any atom is -0.325 e. The van der Waals surface area contributed by atoms with Gasteiger partial charge < -0.3 is 10.2 Å². The molecule has 2 rings (SSSR count). The Kier molecular flexibility index (Phi) is 5.78. The van der Waals surface area contributed by atoms with Gasteiger partial charge in [0.1, 0.15) is 6.54 Å². The number of benzene rings is 2. The maximum absolute atomic E-state index is 12.4. The number of anilines is 2. The Bertz CT molecular complexity index is 787. The number of aryl methyl sites for hydroxylation is 3. The second kappa shape index (κ2) is 7.62.